The van der Waals surface area contributed by atoms with Gasteiger partial charge in [0.2, 0.25) is 0 Å². The van der Waals surface area contributed by atoms with Crippen LogP contribution in [-0.2, 0) is 0 Å². The Morgan fingerprint density at radius 3 is 3.08 bits per heavy atom. The highest BCUT2D eigenvalue weighted by atomic mass is 15.1. The molecular weight excluding hydrogens is 148 g/mol. The minimum atomic E-state index is 0.837. The zero-order valence-corrected chi connectivity index (χ0v) is 8.05. The molecule has 1 N–H and O–H groups in total. The lowest BCUT2D eigenvalue weighted by Gasteiger charge is -2.32. The molecule has 0 spiro atoms. The molecule has 0 radical (unpaired) electrons. The van der Waals surface area contributed by atoms with E-state index in [4.69, 9.17) is 0 Å². The molecule has 2 aliphatic rings. The fourth-order valence-corrected chi connectivity index (χ4v) is 2.65. The van der Waals surface area contributed by atoms with Crippen LogP contribution in [0.1, 0.15) is 25.7 Å². The van der Waals surface area contributed by atoms with E-state index in [2.05, 4.69) is 17.3 Å². The van der Waals surface area contributed by atoms with Crippen LogP contribution in [0.15, 0.2) is 0 Å². The second kappa shape index (κ2) is 3.75. The first kappa shape index (κ1) is 8.52. The Hall–Kier alpha value is -0.0800. The quantitative estimate of drug-likeness (QED) is 0.582. The Labute approximate surface area is 75.3 Å². The van der Waals surface area contributed by atoms with Crippen molar-refractivity contribution in [2.45, 2.75) is 31.7 Å². The molecule has 70 valence electrons. The van der Waals surface area contributed by atoms with E-state index in [1.165, 1.54) is 45.3 Å². The third-order valence-electron chi connectivity index (χ3n) is 3.33. The van der Waals surface area contributed by atoms with Gasteiger partial charge in [-0.05, 0) is 51.7 Å². The molecule has 2 unspecified atom stereocenters. The second-order valence-corrected chi connectivity index (χ2v) is 4.37. The third-order valence-corrected chi connectivity index (χ3v) is 3.33. The number of piperidine rings is 1. The lowest BCUT2D eigenvalue weighted by atomic mass is 9.89. The summed E-state index contributed by atoms with van der Waals surface area (Å²) in [6, 6.07) is 0.837. The molecule has 2 heteroatoms. The molecular formula is C10H20N2. The molecule has 2 saturated heterocycles. The van der Waals surface area contributed by atoms with Gasteiger partial charge in [0.15, 0.2) is 0 Å². The van der Waals surface area contributed by atoms with E-state index >= 15 is 0 Å². The van der Waals surface area contributed by atoms with Crippen LogP contribution in [0.4, 0.5) is 0 Å². The molecule has 2 atom stereocenters. The van der Waals surface area contributed by atoms with Crippen LogP contribution >= 0.6 is 0 Å². The van der Waals surface area contributed by atoms with Crippen molar-refractivity contribution in [1.82, 2.24) is 10.2 Å². The summed E-state index contributed by atoms with van der Waals surface area (Å²) in [6.45, 7) is 3.87. The molecule has 0 bridgehead atoms. The first-order chi connectivity index (χ1) is 5.86. The van der Waals surface area contributed by atoms with Crippen molar-refractivity contribution in [2.75, 3.05) is 26.7 Å². The van der Waals surface area contributed by atoms with Crippen LogP contribution in [0, 0.1) is 5.92 Å². The molecule has 2 nitrogen and oxygen atoms in total. The summed E-state index contributed by atoms with van der Waals surface area (Å²) in [5.41, 5.74) is 0. The number of likely N-dealkylation sites (tertiary alicyclic amines) is 1. The highest BCUT2D eigenvalue weighted by molar-refractivity contribution is 4.85. The number of hydrogen-bond donors (Lipinski definition) is 1. The van der Waals surface area contributed by atoms with E-state index in [0.29, 0.717) is 0 Å². The largest absolute Gasteiger partial charge is 0.314 e. The van der Waals surface area contributed by atoms with Crippen molar-refractivity contribution in [1.29, 1.82) is 0 Å². The van der Waals surface area contributed by atoms with Crippen LogP contribution in [0.25, 0.3) is 0 Å². The summed E-state index contributed by atoms with van der Waals surface area (Å²) in [4.78, 5) is 2.50. The Balaban J connectivity index is 1.96. The predicted octanol–water partition coefficient (Wildman–Crippen LogP) is 1.08. The van der Waals surface area contributed by atoms with Gasteiger partial charge in [0.25, 0.3) is 0 Å². The summed E-state index contributed by atoms with van der Waals surface area (Å²) < 4.78 is 0. The maximum absolute atomic E-state index is 3.65. The van der Waals surface area contributed by atoms with E-state index in [9.17, 15) is 0 Å². The van der Waals surface area contributed by atoms with Crippen LogP contribution in [0.3, 0.4) is 0 Å². The van der Waals surface area contributed by atoms with Crippen LogP contribution in [0.5, 0.6) is 0 Å². The Morgan fingerprint density at radius 1 is 1.25 bits per heavy atom. The Morgan fingerprint density at radius 2 is 2.17 bits per heavy atom. The molecule has 2 rings (SSSR count). The van der Waals surface area contributed by atoms with Crippen LogP contribution in [0.2, 0.25) is 0 Å². The van der Waals surface area contributed by atoms with Gasteiger partial charge in [-0.15, -0.1) is 0 Å². The predicted molar refractivity (Wildman–Crippen MR) is 51.2 cm³/mol. The van der Waals surface area contributed by atoms with Gasteiger partial charge >= 0.3 is 0 Å². The zero-order valence-electron chi connectivity index (χ0n) is 8.05. The fourth-order valence-electron chi connectivity index (χ4n) is 2.65. The molecule has 0 aromatic rings. The highest BCUT2D eigenvalue weighted by Gasteiger charge is 2.27. The van der Waals surface area contributed by atoms with Crippen molar-refractivity contribution in [3.63, 3.8) is 0 Å². The van der Waals surface area contributed by atoms with E-state index in [-0.39, 0.29) is 0 Å². The third kappa shape index (κ3) is 1.80. The molecule has 0 aliphatic carbocycles. The van der Waals surface area contributed by atoms with Crippen molar-refractivity contribution >= 4 is 0 Å². The summed E-state index contributed by atoms with van der Waals surface area (Å²) in [5, 5.41) is 3.65. The average Bonchev–Trinajstić information content (AvgIpc) is 2.25. The Kier molecular flexibility index (Phi) is 2.66. The summed E-state index contributed by atoms with van der Waals surface area (Å²) in [7, 11) is 2.26. The van der Waals surface area contributed by atoms with E-state index in [1.807, 2.05) is 0 Å². The SMILES string of the molecule is CN1CCCC2NCCCC2C1. The van der Waals surface area contributed by atoms with Gasteiger partial charge in [0, 0.05) is 12.6 Å². The first-order valence-electron chi connectivity index (χ1n) is 5.28. The van der Waals surface area contributed by atoms with Crippen LogP contribution in [-0.4, -0.2) is 37.6 Å². The van der Waals surface area contributed by atoms with Crippen molar-refractivity contribution in [3.8, 4) is 0 Å². The number of rotatable bonds is 0. The maximum Gasteiger partial charge on any atom is 0.0108 e. The smallest absolute Gasteiger partial charge is 0.0108 e. The standard InChI is InChI=1S/C10H20N2/c1-12-7-3-5-10-9(8-12)4-2-6-11-10/h9-11H,2-8H2,1H3. The van der Waals surface area contributed by atoms with Crippen molar-refractivity contribution in [2.24, 2.45) is 5.92 Å². The van der Waals surface area contributed by atoms with Gasteiger partial charge in [-0.1, -0.05) is 0 Å². The molecule has 0 aromatic carbocycles. The summed E-state index contributed by atoms with van der Waals surface area (Å²) in [5.74, 6) is 0.936. The normalized spacial score (nSPS) is 38.8. The molecule has 0 saturated carbocycles. The van der Waals surface area contributed by atoms with Gasteiger partial charge in [0.1, 0.15) is 0 Å². The first-order valence-corrected chi connectivity index (χ1v) is 5.28. The van der Waals surface area contributed by atoms with E-state index < -0.39 is 0 Å². The molecule has 2 heterocycles. The monoisotopic (exact) mass is 168 g/mol. The van der Waals surface area contributed by atoms with E-state index in [0.717, 1.165) is 12.0 Å². The summed E-state index contributed by atoms with van der Waals surface area (Å²) in [6.07, 6.45) is 5.61. The van der Waals surface area contributed by atoms with Crippen molar-refractivity contribution < 1.29 is 0 Å². The lowest BCUT2D eigenvalue weighted by molar-refractivity contribution is 0.228. The number of nitrogens with one attached hydrogen (secondary N) is 1. The van der Waals surface area contributed by atoms with Gasteiger partial charge in [-0.3, -0.25) is 0 Å². The lowest BCUT2D eigenvalue weighted by Crippen LogP contribution is -2.43. The fraction of sp³-hybridized carbons (Fsp3) is 1.00. The minimum absolute atomic E-state index is 0.837. The number of hydrogen-bond acceptors (Lipinski definition) is 2. The topological polar surface area (TPSA) is 15.3 Å². The van der Waals surface area contributed by atoms with Crippen LogP contribution < -0.4 is 5.32 Å². The highest BCUT2D eigenvalue weighted by Crippen LogP contribution is 2.23. The van der Waals surface area contributed by atoms with Gasteiger partial charge in [-0.25, -0.2) is 0 Å². The van der Waals surface area contributed by atoms with Gasteiger partial charge in [-0.2, -0.15) is 0 Å². The molecule has 12 heavy (non-hydrogen) atoms. The summed E-state index contributed by atoms with van der Waals surface area (Å²) >= 11 is 0. The molecule has 2 fully saturated rings. The van der Waals surface area contributed by atoms with Gasteiger partial charge in [0.05, 0.1) is 0 Å². The molecule has 2 aliphatic heterocycles. The van der Waals surface area contributed by atoms with Crippen molar-refractivity contribution in [3.05, 3.63) is 0 Å². The maximum atomic E-state index is 3.65. The second-order valence-electron chi connectivity index (χ2n) is 4.37. The van der Waals surface area contributed by atoms with E-state index in [1.54, 1.807) is 0 Å². The molecule has 0 amide bonds. The minimum Gasteiger partial charge on any atom is -0.314 e. The zero-order chi connectivity index (χ0) is 8.39. The average molecular weight is 168 g/mol. The Bertz CT molecular complexity index is 147. The molecule has 0 aromatic heterocycles. The number of fused-ring (bicyclic) bond motifs is 1. The number of nitrogens with zero attached hydrogens (tertiary/aromatic N) is 1. The van der Waals surface area contributed by atoms with Gasteiger partial charge < -0.3 is 10.2 Å².